The van der Waals surface area contributed by atoms with Gasteiger partial charge in [-0.05, 0) is 56.2 Å². The molecule has 1 saturated heterocycles. The van der Waals surface area contributed by atoms with Crippen molar-refractivity contribution in [2.45, 2.75) is 89.8 Å². The predicted octanol–water partition coefficient (Wildman–Crippen LogP) is 4.76. The molecule has 1 atom stereocenters. The lowest BCUT2D eigenvalue weighted by Crippen LogP contribution is -2.46. The SMILES string of the molecule is CCC1CCCCN1C(=O)c1cn(Cc2cccc(OC)c2)cc(C(=O)NC2CCCCCC2)c1=O. The van der Waals surface area contributed by atoms with Crippen LogP contribution in [0.2, 0.25) is 0 Å². The van der Waals surface area contributed by atoms with Crippen molar-refractivity contribution < 1.29 is 14.3 Å². The number of hydrogen-bond acceptors (Lipinski definition) is 4. The van der Waals surface area contributed by atoms with E-state index in [1.54, 1.807) is 24.1 Å². The topological polar surface area (TPSA) is 80.6 Å². The Morgan fingerprint density at radius 2 is 1.72 bits per heavy atom. The molecule has 1 unspecified atom stereocenters. The third-order valence-electron chi connectivity index (χ3n) is 7.60. The molecule has 2 heterocycles. The number of pyridine rings is 1. The fourth-order valence-corrected chi connectivity index (χ4v) is 5.55. The molecule has 36 heavy (non-hydrogen) atoms. The van der Waals surface area contributed by atoms with Crippen LogP contribution < -0.4 is 15.5 Å². The summed E-state index contributed by atoms with van der Waals surface area (Å²) in [6.45, 7) is 3.14. The van der Waals surface area contributed by atoms with Gasteiger partial charge >= 0.3 is 0 Å². The molecule has 1 aromatic carbocycles. The molecule has 0 spiro atoms. The lowest BCUT2D eigenvalue weighted by atomic mass is 9.98. The van der Waals surface area contributed by atoms with Gasteiger partial charge in [-0.15, -0.1) is 0 Å². The monoisotopic (exact) mass is 493 g/mol. The highest BCUT2D eigenvalue weighted by Gasteiger charge is 2.30. The van der Waals surface area contributed by atoms with E-state index >= 15 is 0 Å². The highest BCUT2D eigenvalue weighted by Crippen LogP contribution is 2.22. The lowest BCUT2D eigenvalue weighted by Gasteiger charge is -2.35. The van der Waals surface area contributed by atoms with Gasteiger partial charge < -0.3 is 19.5 Å². The molecule has 2 amide bonds. The molecule has 1 aliphatic heterocycles. The normalized spacial score (nSPS) is 18.9. The van der Waals surface area contributed by atoms with E-state index in [1.165, 1.54) is 12.8 Å². The third kappa shape index (κ3) is 6.18. The summed E-state index contributed by atoms with van der Waals surface area (Å²) in [5.41, 5.74) is 0.592. The second-order valence-electron chi connectivity index (χ2n) is 10.2. The maximum absolute atomic E-state index is 13.7. The highest BCUT2D eigenvalue weighted by molar-refractivity contribution is 5.99. The summed E-state index contributed by atoms with van der Waals surface area (Å²) in [6, 6.07) is 7.85. The molecular weight excluding hydrogens is 454 g/mol. The van der Waals surface area contributed by atoms with E-state index in [4.69, 9.17) is 4.74 Å². The van der Waals surface area contributed by atoms with Crippen molar-refractivity contribution >= 4 is 11.8 Å². The second kappa shape index (κ2) is 12.2. The summed E-state index contributed by atoms with van der Waals surface area (Å²) >= 11 is 0. The van der Waals surface area contributed by atoms with Crippen molar-refractivity contribution in [3.8, 4) is 5.75 Å². The maximum Gasteiger partial charge on any atom is 0.259 e. The summed E-state index contributed by atoms with van der Waals surface area (Å²) in [5.74, 6) is 0.0805. The molecule has 0 radical (unpaired) electrons. The van der Waals surface area contributed by atoms with Crippen molar-refractivity contribution in [1.82, 2.24) is 14.8 Å². The molecule has 7 nitrogen and oxygen atoms in total. The van der Waals surface area contributed by atoms with Crippen molar-refractivity contribution in [2.75, 3.05) is 13.7 Å². The van der Waals surface area contributed by atoms with Crippen molar-refractivity contribution in [1.29, 1.82) is 0 Å². The number of nitrogens with one attached hydrogen (secondary N) is 1. The zero-order valence-electron chi connectivity index (χ0n) is 21.6. The van der Waals surface area contributed by atoms with Gasteiger partial charge in [0.2, 0.25) is 5.43 Å². The summed E-state index contributed by atoms with van der Waals surface area (Å²) in [7, 11) is 1.62. The number of piperidine rings is 1. The number of carbonyl (C=O) groups excluding carboxylic acids is 2. The average molecular weight is 494 g/mol. The zero-order chi connectivity index (χ0) is 25.5. The first kappa shape index (κ1) is 26.0. The predicted molar refractivity (Wildman–Crippen MR) is 141 cm³/mol. The largest absolute Gasteiger partial charge is 0.497 e. The van der Waals surface area contributed by atoms with Gasteiger partial charge in [-0.1, -0.05) is 44.7 Å². The average Bonchev–Trinajstić information content (AvgIpc) is 3.17. The molecular formula is C29H39N3O4. The molecule has 194 valence electrons. The molecule has 1 aliphatic carbocycles. The fourth-order valence-electron chi connectivity index (χ4n) is 5.55. The Morgan fingerprint density at radius 3 is 2.44 bits per heavy atom. The van der Waals surface area contributed by atoms with E-state index in [2.05, 4.69) is 12.2 Å². The van der Waals surface area contributed by atoms with Crippen LogP contribution in [-0.2, 0) is 6.54 Å². The van der Waals surface area contributed by atoms with Crippen LogP contribution in [0.1, 0.15) is 97.4 Å². The fraction of sp³-hybridized carbons (Fsp3) is 0.552. The van der Waals surface area contributed by atoms with Crippen LogP contribution in [0.15, 0.2) is 41.5 Å². The Bertz CT molecular complexity index is 1120. The number of likely N-dealkylation sites (tertiary alicyclic amines) is 1. The number of ether oxygens (including phenoxy) is 1. The minimum absolute atomic E-state index is 0.0399. The molecule has 1 aromatic heterocycles. The summed E-state index contributed by atoms with van der Waals surface area (Å²) in [4.78, 5) is 42.4. The van der Waals surface area contributed by atoms with Gasteiger partial charge in [-0.3, -0.25) is 14.4 Å². The number of hydrogen-bond donors (Lipinski definition) is 1. The van der Waals surface area contributed by atoms with Crippen LogP contribution in [0.25, 0.3) is 0 Å². The molecule has 1 N–H and O–H groups in total. The van der Waals surface area contributed by atoms with Crippen LogP contribution >= 0.6 is 0 Å². The van der Waals surface area contributed by atoms with Gasteiger partial charge in [0.25, 0.3) is 11.8 Å². The van der Waals surface area contributed by atoms with E-state index in [0.717, 1.165) is 62.7 Å². The van der Waals surface area contributed by atoms with Crippen LogP contribution in [-0.4, -0.2) is 47.0 Å². The Kier molecular flexibility index (Phi) is 8.83. The van der Waals surface area contributed by atoms with E-state index in [9.17, 15) is 14.4 Å². The smallest absolute Gasteiger partial charge is 0.259 e. The first-order chi connectivity index (χ1) is 17.5. The van der Waals surface area contributed by atoms with Gasteiger partial charge in [0.15, 0.2) is 0 Å². The van der Waals surface area contributed by atoms with Gasteiger partial charge in [0.05, 0.1) is 7.11 Å². The number of aromatic nitrogens is 1. The molecule has 7 heteroatoms. The highest BCUT2D eigenvalue weighted by atomic mass is 16.5. The molecule has 4 rings (SSSR count). The van der Waals surface area contributed by atoms with E-state index in [-0.39, 0.29) is 35.0 Å². The van der Waals surface area contributed by atoms with Crippen molar-refractivity contribution in [3.05, 3.63) is 63.6 Å². The Morgan fingerprint density at radius 1 is 1.00 bits per heavy atom. The van der Waals surface area contributed by atoms with Gasteiger partial charge in [-0.25, -0.2) is 0 Å². The van der Waals surface area contributed by atoms with Gasteiger partial charge in [-0.2, -0.15) is 0 Å². The minimum atomic E-state index is -0.478. The maximum atomic E-state index is 13.7. The molecule has 2 fully saturated rings. The molecule has 0 bridgehead atoms. The number of benzene rings is 1. The van der Waals surface area contributed by atoms with Gasteiger partial charge in [0.1, 0.15) is 16.9 Å². The van der Waals surface area contributed by atoms with Crippen LogP contribution in [0.5, 0.6) is 5.75 Å². The van der Waals surface area contributed by atoms with E-state index < -0.39 is 5.43 Å². The molecule has 1 saturated carbocycles. The van der Waals surface area contributed by atoms with Crippen LogP contribution in [0.4, 0.5) is 0 Å². The molecule has 2 aliphatic rings. The summed E-state index contributed by atoms with van der Waals surface area (Å²) in [5, 5.41) is 3.09. The Balaban J connectivity index is 1.69. The molecule has 2 aromatic rings. The standard InChI is InChI=1S/C29H39N3O4/c1-3-23-14-8-9-16-32(23)29(35)26-20-31(18-21-11-10-15-24(17-21)36-2)19-25(27(26)33)28(34)30-22-12-6-4-5-7-13-22/h10-11,15,17,19-20,22-23H,3-9,12-14,16,18H2,1-2H3,(H,30,34). The van der Waals surface area contributed by atoms with Crippen molar-refractivity contribution in [3.63, 3.8) is 0 Å². The third-order valence-corrected chi connectivity index (χ3v) is 7.60. The zero-order valence-corrected chi connectivity index (χ0v) is 21.6. The summed E-state index contributed by atoms with van der Waals surface area (Å²) < 4.78 is 7.14. The number of carbonyl (C=O) groups is 2. The number of nitrogens with zero attached hydrogens (tertiary/aromatic N) is 2. The van der Waals surface area contributed by atoms with Crippen LogP contribution in [0, 0.1) is 0 Å². The van der Waals surface area contributed by atoms with E-state index in [1.807, 2.05) is 29.2 Å². The van der Waals surface area contributed by atoms with Gasteiger partial charge in [0, 0.05) is 37.6 Å². The first-order valence-corrected chi connectivity index (χ1v) is 13.5. The first-order valence-electron chi connectivity index (χ1n) is 13.5. The quantitative estimate of drug-likeness (QED) is 0.564. The second-order valence-corrected chi connectivity index (χ2v) is 10.2. The van der Waals surface area contributed by atoms with Crippen molar-refractivity contribution in [2.24, 2.45) is 0 Å². The Hall–Kier alpha value is -3.09. The minimum Gasteiger partial charge on any atom is -0.497 e. The summed E-state index contributed by atoms with van der Waals surface area (Å²) in [6.07, 6.45) is 13.4. The lowest BCUT2D eigenvalue weighted by molar-refractivity contribution is 0.0605. The van der Waals surface area contributed by atoms with E-state index in [0.29, 0.717) is 13.1 Å². The number of rotatable bonds is 7. The Labute approximate surface area is 213 Å². The van der Waals surface area contributed by atoms with Crippen LogP contribution in [0.3, 0.4) is 0 Å². The number of methoxy groups -OCH3 is 1. The number of amides is 2.